The van der Waals surface area contributed by atoms with E-state index in [9.17, 15) is 9.59 Å². The Hall–Kier alpha value is -0.769. The Kier molecular flexibility index (Phi) is 20.7. The molecule has 0 spiro atoms. The summed E-state index contributed by atoms with van der Waals surface area (Å²) in [6, 6.07) is 1.89. The van der Waals surface area contributed by atoms with E-state index in [1.807, 2.05) is 11.8 Å². The number of rotatable bonds is 26. The summed E-state index contributed by atoms with van der Waals surface area (Å²) in [7, 11) is 6.10. The summed E-state index contributed by atoms with van der Waals surface area (Å²) in [6.07, 6.45) is 4.65. The minimum Gasteiger partial charge on any atom is -0.377 e. The van der Waals surface area contributed by atoms with Crippen LogP contribution in [0.4, 0.5) is 0 Å². The molecule has 0 fully saturated rings. The van der Waals surface area contributed by atoms with Crippen LogP contribution >= 0.6 is 0 Å². The van der Waals surface area contributed by atoms with Gasteiger partial charge < -0.3 is 50.1 Å². The second-order valence-corrected chi connectivity index (χ2v) is 19.5. The van der Waals surface area contributed by atoms with Crippen molar-refractivity contribution in [2.75, 3.05) is 83.6 Å². The van der Waals surface area contributed by atoms with Crippen LogP contribution in [0.25, 0.3) is 0 Å². The molecule has 0 rings (SSSR count). The van der Waals surface area contributed by atoms with Crippen molar-refractivity contribution < 1.29 is 49.4 Å². The minimum absolute atomic E-state index is 0.0492. The summed E-state index contributed by atoms with van der Waals surface area (Å²) in [5.41, 5.74) is -0.304. The summed E-state index contributed by atoms with van der Waals surface area (Å²) in [5.74, 6) is -0.374. The topological polar surface area (TPSA) is 132 Å². The number of hydrogen-bond acceptors (Lipinski definition) is 11. The molecule has 0 aromatic carbocycles. The Morgan fingerprint density at radius 1 is 0.619 bits per heavy atom. The predicted molar refractivity (Wildman–Crippen MR) is 166 cm³/mol. The van der Waals surface area contributed by atoms with E-state index in [2.05, 4.69) is 5.32 Å². The van der Waals surface area contributed by atoms with Crippen LogP contribution in [0.5, 0.6) is 0 Å². The van der Waals surface area contributed by atoms with E-state index in [1.165, 1.54) is 6.92 Å². The zero-order valence-corrected chi connectivity index (χ0v) is 30.9. The average molecular weight is 659 g/mol. The molecule has 0 aliphatic carbocycles. The molecule has 0 aliphatic heterocycles. The van der Waals surface area contributed by atoms with Gasteiger partial charge in [-0.2, -0.15) is 0 Å². The van der Waals surface area contributed by atoms with E-state index < -0.39 is 26.4 Å². The molecule has 2 amide bonds. The fourth-order valence-electron chi connectivity index (χ4n) is 5.41. The van der Waals surface area contributed by atoms with E-state index >= 15 is 0 Å². The van der Waals surface area contributed by atoms with E-state index in [1.54, 1.807) is 64.0 Å². The first-order valence-electron chi connectivity index (χ1n) is 14.4. The van der Waals surface area contributed by atoms with Gasteiger partial charge in [-0.3, -0.25) is 9.59 Å². The number of carbonyl (C=O) groups is 2. The maximum absolute atomic E-state index is 13.2. The Morgan fingerprint density at radius 2 is 0.929 bits per heavy atom. The van der Waals surface area contributed by atoms with Crippen LogP contribution in [0.1, 0.15) is 52.4 Å². The van der Waals surface area contributed by atoms with Crippen LogP contribution in [0.2, 0.25) is 18.1 Å². The van der Waals surface area contributed by atoms with Gasteiger partial charge in [0.05, 0.1) is 6.54 Å². The maximum Gasteiger partial charge on any atom is 0.500 e. The van der Waals surface area contributed by atoms with Crippen LogP contribution < -0.4 is 5.32 Å². The van der Waals surface area contributed by atoms with Gasteiger partial charge in [0.1, 0.15) is 0 Å². The molecule has 0 saturated heterocycles. The molecule has 0 heterocycles. The van der Waals surface area contributed by atoms with Gasteiger partial charge in [0, 0.05) is 102 Å². The van der Waals surface area contributed by atoms with Gasteiger partial charge in [-0.15, -0.1) is 0 Å². The number of nitrogens with one attached hydrogen (secondary N) is 1. The fraction of sp³-hybridized carbons (Fsp3) is 0.923. The minimum atomic E-state index is -2.80. The molecule has 16 heteroatoms. The normalized spacial score (nSPS) is 12.9. The predicted octanol–water partition coefficient (Wildman–Crippen LogP) is 2.93. The van der Waals surface area contributed by atoms with Crippen molar-refractivity contribution in [1.82, 2.24) is 10.2 Å². The number of amides is 2. The van der Waals surface area contributed by atoms with E-state index in [4.69, 9.17) is 39.8 Å². The molecule has 0 saturated carbocycles. The SMILES string of the molecule is CCN(CC(CCC[Si](OC)(OC)OC)(CCC[Si](OC)(OC)OC)CCC[Si](OC)(OC)OC)C(=O)CNC(C)=O. The molecular formula is C26H58N2O11Si3. The van der Waals surface area contributed by atoms with Crippen molar-refractivity contribution >= 4 is 38.2 Å². The second-order valence-electron chi connectivity index (χ2n) is 10.3. The first-order valence-corrected chi connectivity index (χ1v) is 20.2. The lowest BCUT2D eigenvalue weighted by Gasteiger charge is -2.40. The molecule has 250 valence electrons. The van der Waals surface area contributed by atoms with Crippen LogP contribution in [0.3, 0.4) is 0 Å². The van der Waals surface area contributed by atoms with E-state index in [0.717, 1.165) is 38.5 Å². The first kappa shape index (κ1) is 41.2. The van der Waals surface area contributed by atoms with Gasteiger partial charge >= 0.3 is 26.4 Å². The standard InChI is InChI=1S/C26H58N2O11Si3/c1-12-28(25(30)22-27-24(2)29)23-26(16-13-19-40(31-3,32-4)33-5,17-14-20-41(34-6,35-7)36-8)18-15-21-42(37-9,38-10)39-11/h12-23H2,1-11H3,(H,27,29). The van der Waals surface area contributed by atoms with Gasteiger partial charge in [-0.05, 0) is 50.9 Å². The summed E-state index contributed by atoms with van der Waals surface area (Å²) in [5, 5.41) is 2.64. The monoisotopic (exact) mass is 658 g/mol. The van der Waals surface area contributed by atoms with E-state index in [0.29, 0.717) is 31.2 Å². The van der Waals surface area contributed by atoms with Gasteiger partial charge in [0.25, 0.3) is 0 Å². The summed E-state index contributed by atoms with van der Waals surface area (Å²) in [4.78, 5) is 26.6. The second kappa shape index (κ2) is 21.1. The van der Waals surface area contributed by atoms with Crippen LogP contribution in [0.15, 0.2) is 0 Å². The summed E-state index contributed by atoms with van der Waals surface area (Å²) in [6.45, 7) is 4.32. The Labute approximate surface area is 257 Å². The Morgan fingerprint density at radius 3 is 1.17 bits per heavy atom. The highest BCUT2D eigenvalue weighted by molar-refractivity contribution is 6.61. The quantitative estimate of drug-likeness (QED) is 0.138. The largest absolute Gasteiger partial charge is 0.500 e. The molecule has 0 atom stereocenters. The molecule has 0 radical (unpaired) electrons. The smallest absolute Gasteiger partial charge is 0.377 e. The molecule has 0 aromatic rings. The fourth-order valence-corrected chi connectivity index (χ4v) is 10.6. The third kappa shape index (κ3) is 13.1. The van der Waals surface area contributed by atoms with Crippen molar-refractivity contribution in [2.45, 2.75) is 70.5 Å². The highest BCUT2D eigenvalue weighted by Crippen LogP contribution is 2.40. The van der Waals surface area contributed by atoms with Crippen molar-refractivity contribution in [3.8, 4) is 0 Å². The highest BCUT2D eigenvalue weighted by Gasteiger charge is 2.43. The molecule has 0 aromatic heterocycles. The summed E-state index contributed by atoms with van der Waals surface area (Å²) < 4.78 is 51.2. The first-order chi connectivity index (χ1) is 19.9. The number of hydrogen-bond donors (Lipinski definition) is 1. The Balaban J connectivity index is 6.38. The van der Waals surface area contributed by atoms with Crippen molar-refractivity contribution in [3.05, 3.63) is 0 Å². The third-order valence-corrected chi connectivity index (χ3v) is 16.6. The molecular weight excluding hydrogens is 601 g/mol. The van der Waals surface area contributed by atoms with Gasteiger partial charge in [0.15, 0.2) is 0 Å². The Bertz CT molecular complexity index is 666. The average Bonchev–Trinajstić information content (AvgIpc) is 3.02. The molecule has 0 aliphatic rings. The van der Waals surface area contributed by atoms with Crippen molar-refractivity contribution in [2.24, 2.45) is 5.41 Å². The van der Waals surface area contributed by atoms with Gasteiger partial charge in [-0.25, -0.2) is 0 Å². The number of carbonyl (C=O) groups excluding carboxylic acids is 2. The maximum atomic E-state index is 13.2. The molecule has 0 bridgehead atoms. The number of likely N-dealkylation sites (N-methyl/N-ethyl adjacent to an activating group) is 1. The van der Waals surface area contributed by atoms with Crippen LogP contribution in [0, 0.1) is 5.41 Å². The highest BCUT2D eigenvalue weighted by atomic mass is 28.4. The van der Waals surface area contributed by atoms with Crippen LogP contribution in [-0.2, 0) is 49.4 Å². The summed E-state index contributed by atoms with van der Waals surface area (Å²) >= 11 is 0. The lowest BCUT2D eigenvalue weighted by atomic mass is 9.75. The third-order valence-electron chi connectivity index (χ3n) is 8.12. The van der Waals surface area contributed by atoms with E-state index in [-0.39, 0.29) is 23.8 Å². The van der Waals surface area contributed by atoms with Gasteiger partial charge in [0.2, 0.25) is 11.8 Å². The van der Waals surface area contributed by atoms with Gasteiger partial charge in [-0.1, -0.05) is 0 Å². The zero-order chi connectivity index (χ0) is 32.3. The van der Waals surface area contributed by atoms with Crippen molar-refractivity contribution in [1.29, 1.82) is 0 Å². The van der Waals surface area contributed by atoms with Crippen LogP contribution in [-0.4, -0.2) is 127 Å². The lowest BCUT2D eigenvalue weighted by molar-refractivity contribution is -0.134. The molecule has 42 heavy (non-hydrogen) atoms. The number of nitrogens with zero attached hydrogens (tertiary/aromatic N) is 1. The molecule has 1 N–H and O–H groups in total. The molecule has 0 unspecified atom stereocenters. The van der Waals surface area contributed by atoms with Crippen molar-refractivity contribution in [3.63, 3.8) is 0 Å². The zero-order valence-electron chi connectivity index (χ0n) is 27.9. The molecule has 13 nitrogen and oxygen atoms in total. The lowest BCUT2D eigenvalue weighted by Crippen LogP contribution is -2.47.